The van der Waals surface area contributed by atoms with Gasteiger partial charge in [0.2, 0.25) is 0 Å². The molecule has 1 heterocycles. The van der Waals surface area contributed by atoms with E-state index in [9.17, 15) is 4.79 Å². The summed E-state index contributed by atoms with van der Waals surface area (Å²) in [5.74, 6) is 0.413. The molecule has 2 N–H and O–H groups in total. The van der Waals surface area contributed by atoms with Crippen molar-refractivity contribution >= 4 is 16.9 Å². The molecule has 37 heavy (non-hydrogen) atoms. The Labute approximate surface area is 221 Å². The number of methoxy groups -OCH3 is 1. The maximum absolute atomic E-state index is 11.6. The maximum Gasteiger partial charge on any atom is 0.309 e. The van der Waals surface area contributed by atoms with Gasteiger partial charge in [-0.1, -0.05) is 64.1 Å². The number of esters is 1. The standard InChI is InChI=1S/C27H29N3O3.2C2H6/c1-18(2)30-26-11-10-22(21-8-4-7-20(12-21)16-28)15-24(26)25(29-30)17-33-23-9-5-6-19(13-23)14-27(31)32-3;2*1-2/h4-13,15,18H,14,16-17,28H2,1-3H3;2*1-2H3. The second-order valence-corrected chi connectivity index (χ2v) is 8.31. The highest BCUT2D eigenvalue weighted by molar-refractivity contribution is 5.87. The first kappa shape index (κ1) is 29.6. The van der Waals surface area contributed by atoms with Crippen molar-refractivity contribution in [1.82, 2.24) is 9.78 Å². The molecule has 6 nitrogen and oxygen atoms in total. The lowest BCUT2D eigenvalue weighted by atomic mass is 10.0. The fourth-order valence-corrected chi connectivity index (χ4v) is 3.90. The van der Waals surface area contributed by atoms with Crippen LogP contribution >= 0.6 is 0 Å². The van der Waals surface area contributed by atoms with Crippen LogP contribution in [-0.2, 0) is 29.1 Å². The summed E-state index contributed by atoms with van der Waals surface area (Å²) in [5.41, 5.74) is 12.0. The average molecular weight is 504 g/mol. The van der Waals surface area contributed by atoms with Crippen LogP contribution in [0.3, 0.4) is 0 Å². The Morgan fingerprint density at radius 2 is 1.59 bits per heavy atom. The highest BCUT2D eigenvalue weighted by Gasteiger charge is 2.15. The Bertz CT molecular complexity index is 1280. The van der Waals surface area contributed by atoms with Gasteiger partial charge in [-0.15, -0.1) is 0 Å². The molecular weight excluding hydrogens is 462 g/mol. The van der Waals surface area contributed by atoms with E-state index in [0.29, 0.717) is 18.9 Å². The Morgan fingerprint density at radius 1 is 0.919 bits per heavy atom. The first-order valence-electron chi connectivity index (χ1n) is 13.1. The monoisotopic (exact) mass is 503 g/mol. The van der Waals surface area contributed by atoms with Crippen molar-refractivity contribution in [3.05, 3.63) is 83.6 Å². The number of nitrogens with two attached hydrogens (primary N) is 1. The molecule has 0 fully saturated rings. The van der Waals surface area contributed by atoms with Crippen LogP contribution in [-0.4, -0.2) is 22.9 Å². The summed E-state index contributed by atoms with van der Waals surface area (Å²) in [6, 6.07) is 22.4. The van der Waals surface area contributed by atoms with Gasteiger partial charge < -0.3 is 15.2 Å². The Balaban J connectivity index is 0.00000115. The topological polar surface area (TPSA) is 79.4 Å². The van der Waals surface area contributed by atoms with Crippen LogP contribution in [0.15, 0.2) is 66.7 Å². The van der Waals surface area contributed by atoms with E-state index in [1.807, 2.05) is 68.8 Å². The highest BCUT2D eigenvalue weighted by atomic mass is 16.5. The summed E-state index contributed by atoms with van der Waals surface area (Å²) in [6.45, 7) is 13.1. The maximum atomic E-state index is 11.6. The van der Waals surface area contributed by atoms with Crippen molar-refractivity contribution < 1.29 is 14.3 Å². The summed E-state index contributed by atoms with van der Waals surface area (Å²) in [5, 5.41) is 5.91. The van der Waals surface area contributed by atoms with Crippen LogP contribution in [0.1, 0.15) is 64.4 Å². The lowest BCUT2D eigenvalue weighted by molar-refractivity contribution is -0.139. The number of hydrogen-bond donors (Lipinski definition) is 1. The van der Waals surface area contributed by atoms with Gasteiger partial charge in [0.15, 0.2) is 0 Å². The Morgan fingerprint density at radius 3 is 2.27 bits per heavy atom. The number of benzene rings is 3. The first-order chi connectivity index (χ1) is 18.0. The van der Waals surface area contributed by atoms with Gasteiger partial charge in [0, 0.05) is 18.0 Å². The van der Waals surface area contributed by atoms with Gasteiger partial charge in [-0.05, 0) is 66.4 Å². The van der Waals surface area contributed by atoms with Gasteiger partial charge in [-0.3, -0.25) is 9.48 Å². The fourth-order valence-electron chi connectivity index (χ4n) is 3.90. The second-order valence-electron chi connectivity index (χ2n) is 8.31. The minimum absolute atomic E-state index is 0.212. The first-order valence-corrected chi connectivity index (χ1v) is 13.1. The van der Waals surface area contributed by atoms with Gasteiger partial charge in [0.1, 0.15) is 18.1 Å². The van der Waals surface area contributed by atoms with E-state index in [1.165, 1.54) is 7.11 Å². The van der Waals surface area contributed by atoms with Crippen molar-refractivity contribution in [2.45, 2.75) is 67.2 Å². The third kappa shape index (κ3) is 7.67. The van der Waals surface area contributed by atoms with E-state index in [0.717, 1.165) is 38.9 Å². The van der Waals surface area contributed by atoms with Crippen LogP contribution in [0.25, 0.3) is 22.0 Å². The van der Waals surface area contributed by atoms with Crippen LogP contribution in [0.2, 0.25) is 0 Å². The molecule has 0 atom stereocenters. The smallest absolute Gasteiger partial charge is 0.309 e. The van der Waals surface area contributed by atoms with Gasteiger partial charge in [-0.2, -0.15) is 5.10 Å². The molecule has 0 saturated carbocycles. The predicted octanol–water partition coefficient (Wildman–Crippen LogP) is 7.09. The van der Waals surface area contributed by atoms with Crippen molar-refractivity contribution in [1.29, 1.82) is 0 Å². The minimum atomic E-state index is -0.278. The third-order valence-corrected chi connectivity index (χ3v) is 5.62. The molecule has 0 saturated heterocycles. The van der Waals surface area contributed by atoms with E-state index in [1.54, 1.807) is 0 Å². The zero-order valence-electron chi connectivity index (χ0n) is 23.2. The molecule has 0 aliphatic heterocycles. The molecule has 0 amide bonds. The number of carbonyl (C=O) groups is 1. The predicted molar refractivity (Wildman–Crippen MR) is 153 cm³/mol. The number of rotatable bonds is 8. The molecule has 4 aromatic rings. The molecule has 0 radical (unpaired) electrons. The van der Waals surface area contributed by atoms with Crippen molar-refractivity contribution in [3.63, 3.8) is 0 Å². The van der Waals surface area contributed by atoms with Gasteiger partial charge in [0.25, 0.3) is 0 Å². The normalized spacial score (nSPS) is 10.3. The Kier molecular flexibility index (Phi) is 11.8. The second kappa shape index (κ2) is 14.8. The molecule has 6 heteroatoms. The zero-order valence-corrected chi connectivity index (χ0v) is 23.2. The highest BCUT2D eigenvalue weighted by Crippen LogP contribution is 2.29. The lowest BCUT2D eigenvalue weighted by Crippen LogP contribution is -2.05. The summed E-state index contributed by atoms with van der Waals surface area (Å²) in [7, 11) is 1.39. The Hall–Kier alpha value is -3.64. The van der Waals surface area contributed by atoms with E-state index >= 15 is 0 Å². The number of nitrogens with zero attached hydrogens (tertiary/aromatic N) is 2. The number of fused-ring (bicyclic) bond motifs is 1. The van der Waals surface area contributed by atoms with E-state index in [4.69, 9.17) is 20.3 Å². The summed E-state index contributed by atoms with van der Waals surface area (Å²) < 4.78 is 12.9. The summed E-state index contributed by atoms with van der Waals surface area (Å²) in [4.78, 5) is 11.6. The molecule has 0 aliphatic carbocycles. The fraction of sp³-hybridized carbons (Fsp3) is 0.355. The SMILES string of the molecule is CC.CC.COC(=O)Cc1cccc(OCc2nn(C(C)C)c3ccc(-c4cccc(CN)c4)cc23)c1. The van der Waals surface area contributed by atoms with E-state index < -0.39 is 0 Å². The van der Waals surface area contributed by atoms with E-state index in [2.05, 4.69) is 44.2 Å². The molecule has 0 bridgehead atoms. The van der Waals surface area contributed by atoms with Crippen molar-refractivity contribution in [3.8, 4) is 16.9 Å². The third-order valence-electron chi connectivity index (χ3n) is 5.62. The largest absolute Gasteiger partial charge is 0.487 e. The van der Waals surface area contributed by atoms with Gasteiger partial charge in [0.05, 0.1) is 19.0 Å². The zero-order chi connectivity index (χ0) is 27.4. The van der Waals surface area contributed by atoms with Crippen molar-refractivity contribution in [2.75, 3.05) is 7.11 Å². The number of hydrogen-bond acceptors (Lipinski definition) is 5. The van der Waals surface area contributed by atoms with Gasteiger partial charge >= 0.3 is 5.97 Å². The molecule has 198 valence electrons. The summed E-state index contributed by atoms with van der Waals surface area (Å²) >= 11 is 0. The van der Waals surface area contributed by atoms with Crippen LogP contribution < -0.4 is 10.5 Å². The molecule has 4 rings (SSSR count). The van der Waals surface area contributed by atoms with E-state index in [-0.39, 0.29) is 18.4 Å². The molecule has 0 spiro atoms. The number of carbonyl (C=O) groups excluding carboxylic acids is 1. The lowest BCUT2D eigenvalue weighted by Gasteiger charge is -2.08. The molecule has 0 aliphatic rings. The van der Waals surface area contributed by atoms with Gasteiger partial charge in [-0.25, -0.2) is 0 Å². The molecular formula is C31H41N3O3. The molecule has 0 unspecified atom stereocenters. The van der Waals surface area contributed by atoms with Crippen LogP contribution in [0.4, 0.5) is 0 Å². The molecule has 3 aromatic carbocycles. The number of ether oxygens (including phenoxy) is 2. The van der Waals surface area contributed by atoms with Crippen LogP contribution in [0, 0.1) is 0 Å². The average Bonchev–Trinajstić information content (AvgIpc) is 3.32. The summed E-state index contributed by atoms with van der Waals surface area (Å²) in [6.07, 6.45) is 0.212. The van der Waals surface area contributed by atoms with Crippen molar-refractivity contribution in [2.24, 2.45) is 5.73 Å². The molecule has 1 aromatic heterocycles. The number of aromatic nitrogens is 2. The quantitative estimate of drug-likeness (QED) is 0.260. The van der Waals surface area contributed by atoms with Crippen LogP contribution in [0.5, 0.6) is 5.75 Å². The minimum Gasteiger partial charge on any atom is -0.487 e.